The second kappa shape index (κ2) is 6.66. The number of benzene rings is 1. The Kier molecular flexibility index (Phi) is 4.34. The van der Waals surface area contributed by atoms with Gasteiger partial charge in [0.05, 0.1) is 10.6 Å². The molecule has 6 nitrogen and oxygen atoms in total. The summed E-state index contributed by atoms with van der Waals surface area (Å²) in [5.41, 5.74) is 6.73. The molecule has 7 heteroatoms. The van der Waals surface area contributed by atoms with Gasteiger partial charge in [-0.15, -0.1) is 16.4 Å². The number of amides is 1. The lowest BCUT2D eigenvalue weighted by molar-refractivity contribution is 0.0765. The van der Waals surface area contributed by atoms with E-state index in [1.165, 1.54) is 0 Å². The van der Waals surface area contributed by atoms with Crippen molar-refractivity contribution in [1.29, 1.82) is 0 Å². The van der Waals surface area contributed by atoms with E-state index in [0.29, 0.717) is 25.5 Å². The number of para-hydroxylation sites is 1. The van der Waals surface area contributed by atoms with Crippen LogP contribution < -0.4 is 5.73 Å². The molecule has 2 aromatic heterocycles. The van der Waals surface area contributed by atoms with Crippen LogP contribution in [0.4, 0.5) is 0 Å². The van der Waals surface area contributed by atoms with Gasteiger partial charge >= 0.3 is 0 Å². The lowest BCUT2D eigenvalue weighted by Crippen LogP contribution is -2.35. The summed E-state index contributed by atoms with van der Waals surface area (Å²) in [6, 6.07) is 13.7. The number of thiophene rings is 1. The van der Waals surface area contributed by atoms with E-state index in [1.54, 1.807) is 16.0 Å². The molecule has 1 aliphatic rings. The van der Waals surface area contributed by atoms with Gasteiger partial charge in [-0.1, -0.05) is 31.2 Å². The Morgan fingerprint density at radius 1 is 1.27 bits per heavy atom. The second-order valence-electron chi connectivity index (χ2n) is 6.98. The van der Waals surface area contributed by atoms with Crippen LogP contribution in [0.5, 0.6) is 0 Å². The highest BCUT2D eigenvalue weighted by Gasteiger charge is 2.36. The van der Waals surface area contributed by atoms with Gasteiger partial charge in [0.2, 0.25) is 5.82 Å². The minimum absolute atomic E-state index is 0.0196. The first-order valence-corrected chi connectivity index (χ1v) is 9.53. The molecule has 1 amide bonds. The highest BCUT2D eigenvalue weighted by molar-refractivity contribution is 7.13. The summed E-state index contributed by atoms with van der Waals surface area (Å²) in [6.07, 6.45) is 0.909. The van der Waals surface area contributed by atoms with Crippen LogP contribution in [-0.2, 0) is 0 Å². The SMILES string of the molecule is CC1(CN)CCN(C(=O)c2nc(-c3cccs3)n(-c3ccccc3)n2)C1. The summed E-state index contributed by atoms with van der Waals surface area (Å²) in [5, 5.41) is 6.54. The van der Waals surface area contributed by atoms with Gasteiger partial charge in [0, 0.05) is 13.1 Å². The molecule has 134 valence electrons. The van der Waals surface area contributed by atoms with E-state index in [-0.39, 0.29) is 17.1 Å². The molecular weight excluding hydrogens is 346 g/mol. The standard InChI is InChI=1S/C19H21N5OS/c1-19(12-20)9-10-23(13-19)18(25)16-21-17(15-8-5-11-26-15)24(22-16)14-6-3-2-4-7-14/h2-8,11H,9-10,12-13,20H2,1H3. The van der Waals surface area contributed by atoms with Gasteiger partial charge < -0.3 is 10.6 Å². The van der Waals surface area contributed by atoms with Gasteiger partial charge in [0.25, 0.3) is 5.91 Å². The Labute approximate surface area is 156 Å². The van der Waals surface area contributed by atoms with Crippen molar-refractivity contribution in [2.75, 3.05) is 19.6 Å². The number of hydrogen-bond donors (Lipinski definition) is 1. The molecule has 0 saturated carbocycles. The summed E-state index contributed by atoms with van der Waals surface area (Å²) in [7, 11) is 0. The molecular formula is C19H21N5OS. The van der Waals surface area contributed by atoms with Crippen molar-refractivity contribution in [3.63, 3.8) is 0 Å². The number of nitrogens with two attached hydrogens (primary N) is 1. The molecule has 1 saturated heterocycles. The zero-order valence-electron chi connectivity index (χ0n) is 14.6. The van der Waals surface area contributed by atoms with Crippen molar-refractivity contribution < 1.29 is 4.79 Å². The van der Waals surface area contributed by atoms with E-state index in [2.05, 4.69) is 17.0 Å². The topological polar surface area (TPSA) is 77.0 Å². The first kappa shape index (κ1) is 16.9. The fourth-order valence-corrected chi connectivity index (χ4v) is 3.92. The first-order chi connectivity index (χ1) is 12.6. The van der Waals surface area contributed by atoms with Crippen LogP contribution in [0.2, 0.25) is 0 Å². The summed E-state index contributed by atoms with van der Waals surface area (Å²) in [4.78, 5) is 20.3. The smallest absolute Gasteiger partial charge is 0.293 e. The van der Waals surface area contributed by atoms with Crippen LogP contribution in [0.15, 0.2) is 47.8 Å². The molecule has 0 aliphatic carbocycles. The minimum Gasteiger partial charge on any atom is -0.335 e. The summed E-state index contributed by atoms with van der Waals surface area (Å²) >= 11 is 1.58. The number of hydrogen-bond acceptors (Lipinski definition) is 5. The van der Waals surface area contributed by atoms with Gasteiger partial charge in [0.1, 0.15) is 0 Å². The molecule has 1 aliphatic heterocycles. The van der Waals surface area contributed by atoms with E-state index < -0.39 is 0 Å². The van der Waals surface area contributed by atoms with E-state index in [1.807, 2.05) is 52.7 Å². The summed E-state index contributed by atoms with van der Waals surface area (Å²) in [6.45, 7) is 4.04. The molecule has 4 rings (SSSR count). The Balaban J connectivity index is 1.71. The summed E-state index contributed by atoms with van der Waals surface area (Å²) < 4.78 is 1.75. The predicted octanol–water partition coefficient (Wildman–Crippen LogP) is 2.81. The Bertz CT molecular complexity index is 905. The zero-order chi connectivity index (χ0) is 18.1. The predicted molar refractivity (Wildman–Crippen MR) is 102 cm³/mol. The van der Waals surface area contributed by atoms with Crippen LogP contribution in [0.25, 0.3) is 16.4 Å². The third kappa shape index (κ3) is 3.04. The maximum absolute atomic E-state index is 13.0. The van der Waals surface area contributed by atoms with E-state index in [0.717, 1.165) is 17.0 Å². The van der Waals surface area contributed by atoms with Crippen LogP contribution >= 0.6 is 11.3 Å². The molecule has 0 bridgehead atoms. The minimum atomic E-state index is -0.130. The number of carbonyl (C=O) groups is 1. The normalized spacial score (nSPS) is 19.8. The fourth-order valence-electron chi connectivity index (χ4n) is 3.22. The molecule has 1 unspecified atom stereocenters. The largest absolute Gasteiger partial charge is 0.335 e. The molecule has 3 aromatic rings. The van der Waals surface area contributed by atoms with Crippen LogP contribution in [-0.4, -0.2) is 45.2 Å². The highest BCUT2D eigenvalue weighted by atomic mass is 32.1. The second-order valence-corrected chi connectivity index (χ2v) is 7.92. The fraction of sp³-hybridized carbons (Fsp3) is 0.316. The number of likely N-dealkylation sites (tertiary alicyclic amines) is 1. The molecule has 0 spiro atoms. The average molecular weight is 367 g/mol. The summed E-state index contributed by atoms with van der Waals surface area (Å²) in [5.74, 6) is 0.795. The number of carbonyl (C=O) groups excluding carboxylic acids is 1. The van der Waals surface area contributed by atoms with Crippen molar-refractivity contribution in [3.05, 3.63) is 53.7 Å². The van der Waals surface area contributed by atoms with Crippen LogP contribution in [0.1, 0.15) is 24.0 Å². The van der Waals surface area contributed by atoms with Crippen molar-refractivity contribution in [2.45, 2.75) is 13.3 Å². The lowest BCUT2D eigenvalue weighted by Gasteiger charge is -2.21. The average Bonchev–Trinajstić information content (AvgIpc) is 3.41. The van der Waals surface area contributed by atoms with Gasteiger partial charge in [-0.25, -0.2) is 9.67 Å². The molecule has 1 atom stereocenters. The molecule has 3 heterocycles. The molecule has 26 heavy (non-hydrogen) atoms. The van der Waals surface area contributed by atoms with Crippen molar-refractivity contribution in [2.24, 2.45) is 11.1 Å². The maximum atomic E-state index is 13.0. The zero-order valence-corrected chi connectivity index (χ0v) is 15.4. The first-order valence-electron chi connectivity index (χ1n) is 8.65. The van der Waals surface area contributed by atoms with Crippen molar-refractivity contribution >= 4 is 17.2 Å². The number of rotatable bonds is 4. The molecule has 0 radical (unpaired) electrons. The number of nitrogens with zero attached hydrogens (tertiary/aromatic N) is 4. The van der Waals surface area contributed by atoms with Crippen LogP contribution in [0, 0.1) is 5.41 Å². The maximum Gasteiger partial charge on any atom is 0.293 e. The van der Waals surface area contributed by atoms with Crippen LogP contribution in [0.3, 0.4) is 0 Å². The number of aromatic nitrogens is 3. The van der Waals surface area contributed by atoms with E-state index >= 15 is 0 Å². The molecule has 1 fully saturated rings. The van der Waals surface area contributed by atoms with Gasteiger partial charge in [-0.3, -0.25) is 4.79 Å². The monoisotopic (exact) mass is 367 g/mol. The highest BCUT2D eigenvalue weighted by Crippen LogP contribution is 2.30. The van der Waals surface area contributed by atoms with Gasteiger partial charge in [-0.2, -0.15) is 0 Å². The van der Waals surface area contributed by atoms with Crippen molar-refractivity contribution in [3.8, 4) is 16.4 Å². The Morgan fingerprint density at radius 2 is 2.08 bits per heavy atom. The molecule has 1 aromatic carbocycles. The third-order valence-electron chi connectivity index (χ3n) is 4.88. The Morgan fingerprint density at radius 3 is 2.73 bits per heavy atom. The molecule has 2 N–H and O–H groups in total. The van der Waals surface area contributed by atoms with Crippen molar-refractivity contribution in [1.82, 2.24) is 19.7 Å². The van der Waals surface area contributed by atoms with Gasteiger partial charge in [-0.05, 0) is 42.0 Å². The quantitative estimate of drug-likeness (QED) is 0.769. The van der Waals surface area contributed by atoms with E-state index in [4.69, 9.17) is 5.73 Å². The van der Waals surface area contributed by atoms with E-state index in [9.17, 15) is 4.79 Å². The third-order valence-corrected chi connectivity index (χ3v) is 5.74. The Hall–Kier alpha value is -2.51. The lowest BCUT2D eigenvalue weighted by atomic mass is 9.90. The van der Waals surface area contributed by atoms with Gasteiger partial charge in [0.15, 0.2) is 5.82 Å².